The molecule has 0 aromatic heterocycles. The van der Waals surface area contributed by atoms with Crippen molar-refractivity contribution in [2.75, 3.05) is 20.2 Å². The van der Waals surface area contributed by atoms with Gasteiger partial charge in [0.1, 0.15) is 6.29 Å². The predicted molar refractivity (Wildman–Crippen MR) is 44.4 cm³/mol. The van der Waals surface area contributed by atoms with Crippen molar-refractivity contribution in [1.82, 2.24) is 5.32 Å². The Balaban J connectivity index is 3.14. The van der Waals surface area contributed by atoms with E-state index in [0.29, 0.717) is 0 Å². The van der Waals surface area contributed by atoms with Gasteiger partial charge in [0.2, 0.25) is 0 Å². The molecule has 0 amide bonds. The minimum absolute atomic E-state index is 0.0109. The first-order valence-corrected chi connectivity index (χ1v) is 4.06. The molecule has 0 aliphatic carbocycles. The molecule has 1 atom stereocenters. The van der Waals surface area contributed by atoms with E-state index in [2.05, 4.69) is 5.32 Å². The highest BCUT2D eigenvalue weighted by Crippen LogP contribution is 2.04. The van der Waals surface area contributed by atoms with Crippen molar-refractivity contribution in [2.45, 2.75) is 19.3 Å². The van der Waals surface area contributed by atoms with E-state index < -0.39 is 0 Å². The molecule has 0 heterocycles. The Labute approximate surface area is 67.8 Å². The Morgan fingerprint density at radius 2 is 2.27 bits per heavy atom. The number of rotatable bonds is 7. The lowest BCUT2D eigenvalue weighted by atomic mass is 10.1. The second-order valence-electron chi connectivity index (χ2n) is 2.68. The SMILES string of the molecule is CNCCCCC(C=O)CO. The summed E-state index contributed by atoms with van der Waals surface area (Å²) >= 11 is 0. The largest absolute Gasteiger partial charge is 0.396 e. The molecule has 0 aliphatic heterocycles. The Morgan fingerprint density at radius 3 is 2.73 bits per heavy atom. The summed E-state index contributed by atoms with van der Waals surface area (Å²) in [4.78, 5) is 10.2. The van der Waals surface area contributed by atoms with Crippen LogP contribution in [0.3, 0.4) is 0 Å². The summed E-state index contributed by atoms with van der Waals surface area (Å²) in [5.41, 5.74) is 0. The van der Waals surface area contributed by atoms with Crippen molar-refractivity contribution < 1.29 is 9.90 Å². The summed E-state index contributed by atoms with van der Waals surface area (Å²) < 4.78 is 0. The van der Waals surface area contributed by atoms with Crippen LogP contribution < -0.4 is 5.32 Å². The number of carbonyl (C=O) groups excluding carboxylic acids is 1. The molecule has 3 heteroatoms. The molecule has 0 saturated carbocycles. The maximum Gasteiger partial charge on any atom is 0.125 e. The molecular weight excluding hydrogens is 142 g/mol. The van der Waals surface area contributed by atoms with E-state index in [0.717, 1.165) is 32.1 Å². The third-order valence-electron chi connectivity index (χ3n) is 1.68. The lowest BCUT2D eigenvalue weighted by molar-refractivity contribution is -0.112. The highest BCUT2D eigenvalue weighted by molar-refractivity contribution is 5.53. The van der Waals surface area contributed by atoms with Gasteiger partial charge in [-0.15, -0.1) is 0 Å². The third kappa shape index (κ3) is 6.01. The molecule has 0 saturated heterocycles. The van der Waals surface area contributed by atoms with Crippen LogP contribution in [-0.2, 0) is 4.79 Å². The van der Waals surface area contributed by atoms with Gasteiger partial charge in [0, 0.05) is 5.92 Å². The Hall–Kier alpha value is -0.410. The number of aliphatic hydroxyl groups excluding tert-OH is 1. The molecule has 0 radical (unpaired) electrons. The fourth-order valence-electron chi connectivity index (χ4n) is 0.911. The summed E-state index contributed by atoms with van der Waals surface area (Å²) in [6.45, 7) is 0.972. The van der Waals surface area contributed by atoms with Gasteiger partial charge in [0.25, 0.3) is 0 Å². The molecule has 2 N–H and O–H groups in total. The molecule has 0 aromatic rings. The average molecular weight is 159 g/mol. The number of aliphatic hydroxyl groups is 1. The number of aldehydes is 1. The van der Waals surface area contributed by atoms with E-state index in [1.807, 2.05) is 7.05 Å². The number of hydrogen-bond acceptors (Lipinski definition) is 3. The zero-order valence-corrected chi connectivity index (χ0v) is 7.05. The summed E-state index contributed by atoms with van der Waals surface area (Å²) in [7, 11) is 1.91. The maximum absolute atomic E-state index is 10.2. The zero-order valence-electron chi connectivity index (χ0n) is 7.05. The highest BCUT2D eigenvalue weighted by atomic mass is 16.3. The Bertz CT molecular complexity index is 96.1. The zero-order chi connectivity index (χ0) is 8.53. The van der Waals surface area contributed by atoms with E-state index in [4.69, 9.17) is 5.11 Å². The van der Waals surface area contributed by atoms with Gasteiger partial charge in [-0.25, -0.2) is 0 Å². The first-order valence-electron chi connectivity index (χ1n) is 4.06. The monoisotopic (exact) mass is 159 g/mol. The van der Waals surface area contributed by atoms with Crippen LogP contribution in [0.25, 0.3) is 0 Å². The van der Waals surface area contributed by atoms with E-state index in [1.165, 1.54) is 0 Å². The fraction of sp³-hybridized carbons (Fsp3) is 0.875. The Kier molecular flexibility index (Phi) is 7.41. The van der Waals surface area contributed by atoms with Crippen LogP contribution in [0.2, 0.25) is 0 Å². The van der Waals surface area contributed by atoms with Crippen LogP contribution in [0, 0.1) is 5.92 Å². The van der Waals surface area contributed by atoms with E-state index in [-0.39, 0.29) is 12.5 Å². The summed E-state index contributed by atoms with van der Waals surface area (Å²) in [5.74, 6) is -0.146. The van der Waals surface area contributed by atoms with Gasteiger partial charge in [-0.3, -0.25) is 0 Å². The molecule has 0 aromatic carbocycles. The Morgan fingerprint density at radius 1 is 1.55 bits per heavy atom. The second-order valence-corrected chi connectivity index (χ2v) is 2.68. The normalized spacial score (nSPS) is 12.9. The summed E-state index contributed by atoms with van der Waals surface area (Å²) in [6, 6.07) is 0. The van der Waals surface area contributed by atoms with Crippen molar-refractivity contribution in [3.63, 3.8) is 0 Å². The van der Waals surface area contributed by atoms with Crippen molar-refractivity contribution >= 4 is 6.29 Å². The first kappa shape index (κ1) is 10.6. The quantitative estimate of drug-likeness (QED) is 0.411. The van der Waals surface area contributed by atoms with Crippen LogP contribution in [0.1, 0.15) is 19.3 Å². The van der Waals surface area contributed by atoms with Crippen LogP contribution in [-0.4, -0.2) is 31.6 Å². The minimum atomic E-state index is -0.146. The number of carbonyl (C=O) groups is 1. The molecule has 0 fully saturated rings. The smallest absolute Gasteiger partial charge is 0.125 e. The van der Waals surface area contributed by atoms with Crippen molar-refractivity contribution in [3.05, 3.63) is 0 Å². The van der Waals surface area contributed by atoms with Gasteiger partial charge in [-0.2, -0.15) is 0 Å². The van der Waals surface area contributed by atoms with Gasteiger partial charge in [-0.1, -0.05) is 6.42 Å². The second kappa shape index (κ2) is 7.69. The number of unbranched alkanes of at least 4 members (excludes halogenated alkanes) is 1. The van der Waals surface area contributed by atoms with Gasteiger partial charge in [0.05, 0.1) is 6.61 Å². The minimum Gasteiger partial charge on any atom is -0.396 e. The maximum atomic E-state index is 10.2. The molecule has 0 aliphatic rings. The molecule has 0 spiro atoms. The van der Waals surface area contributed by atoms with Gasteiger partial charge in [0.15, 0.2) is 0 Å². The van der Waals surface area contributed by atoms with E-state index >= 15 is 0 Å². The molecule has 11 heavy (non-hydrogen) atoms. The average Bonchev–Trinajstić information content (AvgIpc) is 2.05. The van der Waals surface area contributed by atoms with E-state index in [9.17, 15) is 4.79 Å². The van der Waals surface area contributed by atoms with Gasteiger partial charge >= 0.3 is 0 Å². The number of nitrogens with one attached hydrogen (secondary N) is 1. The van der Waals surface area contributed by atoms with Crippen molar-refractivity contribution in [3.8, 4) is 0 Å². The van der Waals surface area contributed by atoms with E-state index in [1.54, 1.807) is 0 Å². The van der Waals surface area contributed by atoms with Crippen molar-refractivity contribution in [1.29, 1.82) is 0 Å². The van der Waals surface area contributed by atoms with Gasteiger partial charge in [-0.05, 0) is 26.4 Å². The summed E-state index contributed by atoms with van der Waals surface area (Å²) in [6.07, 6.45) is 3.71. The predicted octanol–water partition coefficient (Wildman–Crippen LogP) is 0.183. The molecule has 0 rings (SSSR count). The fourth-order valence-corrected chi connectivity index (χ4v) is 0.911. The molecular formula is C8H17NO2. The van der Waals surface area contributed by atoms with Gasteiger partial charge < -0.3 is 15.2 Å². The lowest BCUT2D eigenvalue weighted by Crippen LogP contribution is -2.10. The highest BCUT2D eigenvalue weighted by Gasteiger charge is 2.03. The molecule has 1 unspecified atom stereocenters. The molecule has 0 bridgehead atoms. The van der Waals surface area contributed by atoms with Crippen LogP contribution in [0.4, 0.5) is 0 Å². The summed E-state index contributed by atoms with van der Waals surface area (Å²) in [5, 5.41) is 11.7. The lowest BCUT2D eigenvalue weighted by Gasteiger charge is -2.04. The van der Waals surface area contributed by atoms with Crippen molar-refractivity contribution in [2.24, 2.45) is 5.92 Å². The topological polar surface area (TPSA) is 49.3 Å². The number of hydrogen-bond donors (Lipinski definition) is 2. The third-order valence-corrected chi connectivity index (χ3v) is 1.68. The van der Waals surface area contributed by atoms with Crippen LogP contribution >= 0.6 is 0 Å². The van der Waals surface area contributed by atoms with Crippen LogP contribution in [0.15, 0.2) is 0 Å². The first-order chi connectivity index (χ1) is 5.35. The molecule has 3 nitrogen and oxygen atoms in total. The standard InChI is InChI=1S/C8H17NO2/c1-9-5-3-2-4-8(6-10)7-11/h6,8-9,11H,2-5,7H2,1H3. The molecule has 66 valence electrons. The van der Waals surface area contributed by atoms with Crippen LogP contribution in [0.5, 0.6) is 0 Å².